The predicted octanol–water partition coefficient (Wildman–Crippen LogP) is 8.21. The summed E-state index contributed by atoms with van der Waals surface area (Å²) < 4.78 is 31.1. The van der Waals surface area contributed by atoms with Gasteiger partial charge in [0, 0.05) is 30.6 Å². The fourth-order valence-corrected chi connectivity index (χ4v) is 8.80. The second-order valence-electron chi connectivity index (χ2n) is 16.1. The van der Waals surface area contributed by atoms with Crippen LogP contribution in [0.15, 0.2) is 169 Å². The number of hydrogen-bond donors (Lipinski definition) is 3. The SMILES string of the molecule is COc1ccc(C(OC[C@H]2O[C@@H](n3ccc(NC(=O)c4ccc(CNC(=O)OCC5c6ccccc6-c6ccccc65)cc4)nc3=O)CC2O)(c2ccccc2)c2ccc(OC)cc2)cc1. The van der Waals surface area contributed by atoms with E-state index in [0.29, 0.717) is 17.1 Å². The van der Waals surface area contributed by atoms with E-state index in [9.17, 15) is 19.5 Å². The number of hydrogen-bond acceptors (Lipinski definition) is 10. The Labute approximate surface area is 381 Å². The molecule has 1 aromatic heterocycles. The molecule has 0 radical (unpaired) electrons. The molecule has 0 saturated carbocycles. The summed E-state index contributed by atoms with van der Waals surface area (Å²) in [5.41, 5.74) is 6.34. The lowest BCUT2D eigenvalue weighted by Crippen LogP contribution is -2.38. The number of ether oxygens (including phenoxy) is 5. The molecule has 13 heteroatoms. The van der Waals surface area contributed by atoms with Crippen molar-refractivity contribution in [2.75, 3.05) is 32.8 Å². The number of amides is 2. The van der Waals surface area contributed by atoms with Gasteiger partial charge in [-0.25, -0.2) is 9.59 Å². The molecule has 66 heavy (non-hydrogen) atoms. The standard InChI is InChI=1S/C53H48N4O9/c1-62-39-24-20-37(21-25-39)53(36-10-4-3-5-11-36,38-22-26-40(63-2)27-23-38)65-33-47-46(58)30-49(66-47)57-29-28-48(56-51(57)60)55-50(59)35-18-16-34(17-19-35)31-54-52(61)64-32-45-43-14-8-6-12-41(43)42-13-7-9-15-44(42)45/h3-29,45-47,49,58H,30-33H2,1-2H3,(H,54,61)(H,55,56,59,60)/t46?,47-,49-/m1/s1. The lowest BCUT2D eigenvalue weighted by atomic mass is 9.80. The van der Waals surface area contributed by atoms with Crippen LogP contribution in [0.4, 0.5) is 10.6 Å². The molecule has 1 aliphatic heterocycles. The van der Waals surface area contributed by atoms with Gasteiger partial charge in [0.1, 0.15) is 41.9 Å². The van der Waals surface area contributed by atoms with Crippen molar-refractivity contribution >= 4 is 17.8 Å². The lowest BCUT2D eigenvalue weighted by Gasteiger charge is -2.37. The molecule has 3 atom stereocenters. The van der Waals surface area contributed by atoms with E-state index >= 15 is 0 Å². The van der Waals surface area contributed by atoms with Crippen LogP contribution in [0.3, 0.4) is 0 Å². The summed E-state index contributed by atoms with van der Waals surface area (Å²) in [4.78, 5) is 43.4. The first-order valence-electron chi connectivity index (χ1n) is 21.6. The summed E-state index contributed by atoms with van der Waals surface area (Å²) in [7, 11) is 3.22. The fraction of sp³-hybridized carbons (Fsp3) is 0.208. The number of alkyl carbamates (subject to hydrolysis) is 1. The quantitative estimate of drug-likeness (QED) is 0.0857. The van der Waals surface area contributed by atoms with Crippen LogP contribution in [0, 0.1) is 0 Å². The molecule has 6 aromatic carbocycles. The number of carbonyl (C=O) groups is 2. The van der Waals surface area contributed by atoms with E-state index in [1.807, 2.05) is 103 Å². The van der Waals surface area contributed by atoms with Gasteiger partial charge in [0.15, 0.2) is 0 Å². The summed E-state index contributed by atoms with van der Waals surface area (Å²) in [5.74, 6) is 0.898. The van der Waals surface area contributed by atoms with Crippen molar-refractivity contribution in [2.24, 2.45) is 0 Å². The number of aliphatic hydroxyl groups excluding tert-OH is 1. The minimum atomic E-state index is -1.14. The van der Waals surface area contributed by atoms with Crippen molar-refractivity contribution in [3.63, 3.8) is 0 Å². The van der Waals surface area contributed by atoms with Crippen LogP contribution < -0.4 is 25.8 Å². The monoisotopic (exact) mass is 884 g/mol. The van der Waals surface area contributed by atoms with E-state index in [1.165, 1.54) is 16.8 Å². The zero-order chi connectivity index (χ0) is 45.6. The van der Waals surface area contributed by atoms with Crippen molar-refractivity contribution in [2.45, 2.75) is 42.9 Å². The highest BCUT2D eigenvalue weighted by Gasteiger charge is 2.42. The minimum absolute atomic E-state index is 0.0365. The van der Waals surface area contributed by atoms with E-state index in [2.05, 4.69) is 39.9 Å². The molecule has 9 rings (SSSR count). The molecular weight excluding hydrogens is 837 g/mol. The number of benzene rings is 6. The molecule has 0 bridgehead atoms. The first-order chi connectivity index (χ1) is 32.2. The van der Waals surface area contributed by atoms with Gasteiger partial charge in [-0.3, -0.25) is 9.36 Å². The Morgan fingerprint density at radius 3 is 1.89 bits per heavy atom. The molecule has 2 amide bonds. The molecule has 0 spiro atoms. The number of nitrogens with zero attached hydrogens (tertiary/aromatic N) is 2. The Morgan fingerprint density at radius 1 is 0.727 bits per heavy atom. The van der Waals surface area contributed by atoms with Crippen molar-refractivity contribution in [1.82, 2.24) is 14.9 Å². The lowest BCUT2D eigenvalue weighted by molar-refractivity contribution is -0.0944. The average Bonchev–Trinajstić information content (AvgIpc) is 3.90. The second kappa shape index (κ2) is 19.3. The zero-order valence-corrected chi connectivity index (χ0v) is 36.3. The number of fused-ring (bicyclic) bond motifs is 3. The molecule has 1 fully saturated rings. The van der Waals surface area contributed by atoms with Crippen LogP contribution in [-0.2, 0) is 26.4 Å². The van der Waals surface area contributed by atoms with E-state index < -0.39 is 41.7 Å². The van der Waals surface area contributed by atoms with Gasteiger partial charge < -0.3 is 39.4 Å². The molecule has 1 aliphatic carbocycles. The predicted molar refractivity (Wildman–Crippen MR) is 248 cm³/mol. The number of methoxy groups -OCH3 is 2. The third kappa shape index (κ3) is 8.91. The highest BCUT2D eigenvalue weighted by molar-refractivity contribution is 6.03. The Bertz CT molecular complexity index is 2780. The number of anilines is 1. The van der Waals surface area contributed by atoms with E-state index in [1.54, 1.807) is 38.5 Å². The van der Waals surface area contributed by atoms with Crippen LogP contribution in [0.25, 0.3) is 11.1 Å². The van der Waals surface area contributed by atoms with E-state index in [-0.39, 0.29) is 37.9 Å². The van der Waals surface area contributed by atoms with Crippen molar-refractivity contribution in [3.8, 4) is 22.6 Å². The maximum absolute atomic E-state index is 13.4. The maximum Gasteiger partial charge on any atom is 0.407 e. The third-order valence-electron chi connectivity index (χ3n) is 12.2. The molecule has 334 valence electrons. The summed E-state index contributed by atoms with van der Waals surface area (Å²) in [6.07, 6.45) is -1.59. The van der Waals surface area contributed by atoms with Crippen molar-refractivity contribution < 1.29 is 38.4 Å². The fourth-order valence-electron chi connectivity index (χ4n) is 8.80. The number of aromatic nitrogens is 2. The third-order valence-corrected chi connectivity index (χ3v) is 12.2. The first kappa shape index (κ1) is 43.7. The molecule has 1 saturated heterocycles. The minimum Gasteiger partial charge on any atom is -0.497 e. The molecule has 3 N–H and O–H groups in total. The van der Waals surface area contributed by atoms with Crippen LogP contribution >= 0.6 is 0 Å². The molecule has 1 unspecified atom stereocenters. The first-order valence-corrected chi connectivity index (χ1v) is 21.6. The van der Waals surface area contributed by atoms with Gasteiger partial charge in [-0.2, -0.15) is 4.98 Å². The number of rotatable bonds is 15. The molecular formula is C53H48N4O9. The number of carbonyl (C=O) groups excluding carboxylic acids is 2. The van der Waals surface area contributed by atoms with Crippen molar-refractivity contribution in [1.29, 1.82) is 0 Å². The van der Waals surface area contributed by atoms with Crippen LogP contribution in [-0.4, -0.2) is 66.3 Å². The number of nitrogens with one attached hydrogen (secondary N) is 2. The summed E-state index contributed by atoms with van der Waals surface area (Å²) >= 11 is 0. The number of aliphatic hydroxyl groups is 1. The highest BCUT2D eigenvalue weighted by atomic mass is 16.6. The Hall–Kier alpha value is -7.58. The maximum atomic E-state index is 13.4. The summed E-state index contributed by atoms with van der Waals surface area (Å²) in [6.45, 7) is 0.365. The topological polar surface area (TPSA) is 159 Å². The van der Waals surface area contributed by atoms with Crippen LogP contribution in [0.1, 0.15) is 62.3 Å². The Kier molecular flexibility index (Phi) is 12.7. The Balaban J connectivity index is 0.814. The average molecular weight is 885 g/mol. The van der Waals surface area contributed by atoms with Gasteiger partial charge in [0.2, 0.25) is 0 Å². The molecule has 13 nitrogen and oxygen atoms in total. The molecule has 7 aromatic rings. The van der Waals surface area contributed by atoms with Crippen LogP contribution in [0.2, 0.25) is 0 Å². The van der Waals surface area contributed by atoms with Gasteiger partial charge in [-0.1, -0.05) is 115 Å². The van der Waals surface area contributed by atoms with Gasteiger partial charge in [-0.05, 0) is 87.0 Å². The van der Waals surface area contributed by atoms with E-state index in [4.69, 9.17) is 23.7 Å². The highest BCUT2D eigenvalue weighted by Crippen LogP contribution is 2.45. The van der Waals surface area contributed by atoms with Gasteiger partial charge >= 0.3 is 11.8 Å². The Morgan fingerprint density at radius 2 is 1.30 bits per heavy atom. The molecule has 2 aliphatic rings. The van der Waals surface area contributed by atoms with Gasteiger partial charge in [0.05, 0.1) is 26.9 Å². The van der Waals surface area contributed by atoms with Gasteiger partial charge in [-0.15, -0.1) is 0 Å². The van der Waals surface area contributed by atoms with Gasteiger partial charge in [0.25, 0.3) is 5.91 Å². The van der Waals surface area contributed by atoms with Crippen LogP contribution in [0.5, 0.6) is 11.5 Å². The second-order valence-corrected chi connectivity index (χ2v) is 16.1. The normalized spacial score (nSPS) is 16.5. The zero-order valence-electron chi connectivity index (χ0n) is 36.3. The van der Waals surface area contributed by atoms with Crippen molar-refractivity contribution in [3.05, 3.63) is 213 Å². The van der Waals surface area contributed by atoms with E-state index in [0.717, 1.165) is 44.5 Å². The largest absolute Gasteiger partial charge is 0.497 e. The summed E-state index contributed by atoms with van der Waals surface area (Å²) in [6, 6.07) is 49.6. The smallest absolute Gasteiger partial charge is 0.407 e. The molecule has 2 heterocycles. The summed E-state index contributed by atoms with van der Waals surface area (Å²) in [5, 5.41) is 16.8.